The summed E-state index contributed by atoms with van der Waals surface area (Å²) in [5, 5.41) is 11.6. The van der Waals surface area contributed by atoms with E-state index in [9.17, 15) is 9.59 Å². The van der Waals surface area contributed by atoms with Crippen molar-refractivity contribution in [3.63, 3.8) is 0 Å². The lowest BCUT2D eigenvalue weighted by Crippen LogP contribution is -2.38. The van der Waals surface area contributed by atoms with Crippen molar-refractivity contribution >= 4 is 11.8 Å². The minimum Gasteiger partial charge on any atom is -0.480 e. The van der Waals surface area contributed by atoms with E-state index in [1.54, 1.807) is 0 Å². The largest absolute Gasteiger partial charge is 0.480 e. The average molecular weight is 201 g/mol. The lowest BCUT2D eigenvalue weighted by Gasteiger charge is -2.12. The molecule has 82 valence electrons. The smallest absolute Gasteiger partial charge is 0.321 e. The van der Waals surface area contributed by atoms with Crippen LogP contribution in [0.5, 0.6) is 0 Å². The fourth-order valence-corrected chi connectivity index (χ4v) is 1.19. The van der Waals surface area contributed by atoms with E-state index in [2.05, 4.69) is 12.2 Å². The number of carboxylic acids is 1. The topological polar surface area (TPSA) is 66.4 Å². The molecule has 0 bridgehead atoms. The Morgan fingerprint density at radius 2 is 2.00 bits per heavy atom. The average Bonchev–Trinajstić information content (AvgIpc) is 2.09. The van der Waals surface area contributed by atoms with Gasteiger partial charge in [0.1, 0.15) is 11.8 Å². The summed E-state index contributed by atoms with van der Waals surface area (Å²) in [5.41, 5.74) is 0. The highest BCUT2D eigenvalue weighted by atomic mass is 16.4. The lowest BCUT2D eigenvalue weighted by molar-refractivity contribution is -0.141. The second-order valence-corrected chi connectivity index (χ2v) is 3.46. The highest BCUT2D eigenvalue weighted by Crippen LogP contribution is 1.96. The predicted octanol–water partition coefficient (Wildman–Crippen LogP) is 1.20. The van der Waals surface area contributed by atoms with Crippen LogP contribution in [0.2, 0.25) is 0 Å². The minimum absolute atomic E-state index is 0.0709. The number of carboxylic acid groups (broad SMARTS) is 1. The van der Waals surface area contributed by atoms with Crippen molar-refractivity contribution in [3.8, 4) is 0 Å². The molecule has 4 nitrogen and oxygen atoms in total. The predicted molar refractivity (Wildman–Crippen MR) is 54.2 cm³/mol. The second kappa shape index (κ2) is 7.50. The number of carbonyl (C=O) groups is 2. The number of nitrogens with one attached hydrogen (secondary N) is 1. The highest BCUT2D eigenvalue weighted by molar-refractivity contribution is 5.84. The fourth-order valence-electron chi connectivity index (χ4n) is 1.19. The molecule has 4 heteroatoms. The van der Waals surface area contributed by atoms with Crippen LogP contribution in [-0.4, -0.2) is 29.4 Å². The van der Waals surface area contributed by atoms with Crippen LogP contribution in [0.15, 0.2) is 0 Å². The third-order valence-corrected chi connectivity index (χ3v) is 1.96. The monoisotopic (exact) mass is 201 g/mol. The Bertz CT molecular complexity index is 192. The van der Waals surface area contributed by atoms with Crippen LogP contribution >= 0.6 is 0 Å². The van der Waals surface area contributed by atoms with Gasteiger partial charge in [-0.25, -0.2) is 0 Å². The van der Waals surface area contributed by atoms with Gasteiger partial charge in [0.25, 0.3) is 0 Å². The number of ketones is 1. The Morgan fingerprint density at radius 3 is 2.43 bits per heavy atom. The van der Waals surface area contributed by atoms with Gasteiger partial charge in [-0.3, -0.25) is 9.59 Å². The number of Topliss-reactive ketones (excluding diaryl/α,β-unsaturated/α-hetero) is 1. The van der Waals surface area contributed by atoms with Crippen molar-refractivity contribution in [1.29, 1.82) is 0 Å². The van der Waals surface area contributed by atoms with Crippen molar-refractivity contribution < 1.29 is 14.7 Å². The first-order chi connectivity index (χ1) is 6.57. The first-order valence-corrected chi connectivity index (χ1v) is 5.03. The molecule has 0 rings (SSSR count). The third kappa shape index (κ3) is 6.60. The second-order valence-electron chi connectivity index (χ2n) is 3.46. The molecule has 0 aromatic carbocycles. The Hall–Kier alpha value is -0.900. The number of hydrogen-bond donors (Lipinski definition) is 2. The van der Waals surface area contributed by atoms with Gasteiger partial charge in [0.15, 0.2) is 0 Å². The number of aliphatic carboxylic acids is 1. The molecule has 0 saturated heterocycles. The van der Waals surface area contributed by atoms with E-state index in [0.717, 1.165) is 19.3 Å². The zero-order valence-electron chi connectivity index (χ0n) is 8.88. The summed E-state index contributed by atoms with van der Waals surface area (Å²) >= 11 is 0. The van der Waals surface area contributed by atoms with Gasteiger partial charge in [0.05, 0.1) is 0 Å². The molecule has 0 aliphatic rings. The van der Waals surface area contributed by atoms with E-state index in [1.807, 2.05) is 0 Å². The summed E-state index contributed by atoms with van der Waals surface area (Å²) in [7, 11) is 0. The molecule has 0 aliphatic carbocycles. The number of carbonyl (C=O) groups excluding carboxylic acids is 1. The zero-order chi connectivity index (χ0) is 11.0. The molecule has 0 amide bonds. The van der Waals surface area contributed by atoms with Crippen molar-refractivity contribution in [1.82, 2.24) is 5.32 Å². The van der Waals surface area contributed by atoms with Crippen LogP contribution in [0.25, 0.3) is 0 Å². The highest BCUT2D eigenvalue weighted by Gasteiger charge is 2.17. The van der Waals surface area contributed by atoms with Crippen molar-refractivity contribution in [2.45, 2.75) is 45.6 Å². The molecule has 0 heterocycles. The van der Waals surface area contributed by atoms with Crippen LogP contribution in [0.4, 0.5) is 0 Å². The number of unbranched alkanes of at least 4 members (excludes halogenated alkanes) is 2. The lowest BCUT2D eigenvalue weighted by atomic mass is 10.1. The molecule has 2 N–H and O–H groups in total. The maximum Gasteiger partial charge on any atom is 0.321 e. The van der Waals surface area contributed by atoms with Gasteiger partial charge >= 0.3 is 5.97 Å². The van der Waals surface area contributed by atoms with Gasteiger partial charge in [0.2, 0.25) is 0 Å². The van der Waals surface area contributed by atoms with Crippen LogP contribution in [0.3, 0.4) is 0 Å². The normalized spacial score (nSPS) is 12.4. The minimum atomic E-state index is -0.948. The molecule has 0 spiro atoms. The van der Waals surface area contributed by atoms with Gasteiger partial charge < -0.3 is 10.4 Å². The Labute approximate surface area is 84.7 Å². The van der Waals surface area contributed by atoms with Gasteiger partial charge in [-0.1, -0.05) is 19.8 Å². The van der Waals surface area contributed by atoms with Crippen LogP contribution in [0, 0.1) is 0 Å². The molecule has 0 saturated carbocycles. The van der Waals surface area contributed by atoms with E-state index in [-0.39, 0.29) is 12.2 Å². The molecule has 1 atom stereocenters. The SMILES string of the molecule is CCCCCNC(CC(C)=O)C(=O)O. The molecule has 0 radical (unpaired) electrons. The summed E-state index contributed by atoms with van der Waals surface area (Å²) in [6.07, 6.45) is 3.21. The Morgan fingerprint density at radius 1 is 1.36 bits per heavy atom. The van der Waals surface area contributed by atoms with Gasteiger partial charge in [-0.2, -0.15) is 0 Å². The molecule has 0 fully saturated rings. The maximum atomic E-state index is 10.7. The van der Waals surface area contributed by atoms with E-state index < -0.39 is 12.0 Å². The molecule has 14 heavy (non-hydrogen) atoms. The molecule has 0 aliphatic heterocycles. The fraction of sp³-hybridized carbons (Fsp3) is 0.800. The van der Waals surface area contributed by atoms with Crippen LogP contribution < -0.4 is 5.32 Å². The van der Waals surface area contributed by atoms with Gasteiger partial charge in [-0.15, -0.1) is 0 Å². The first kappa shape index (κ1) is 13.1. The standard InChI is InChI=1S/C10H19NO3/c1-3-4-5-6-11-9(10(13)14)7-8(2)12/h9,11H,3-7H2,1-2H3,(H,13,14). The van der Waals surface area contributed by atoms with Gasteiger partial charge in [0, 0.05) is 6.42 Å². The molecule has 0 aromatic rings. The van der Waals surface area contributed by atoms with Crippen molar-refractivity contribution in [3.05, 3.63) is 0 Å². The van der Waals surface area contributed by atoms with Crippen LogP contribution in [-0.2, 0) is 9.59 Å². The summed E-state index contributed by atoms with van der Waals surface area (Å²) < 4.78 is 0. The summed E-state index contributed by atoms with van der Waals surface area (Å²) in [6.45, 7) is 4.16. The quantitative estimate of drug-likeness (QED) is 0.579. The molecule has 1 unspecified atom stereocenters. The molecular weight excluding hydrogens is 182 g/mol. The molecule has 0 aromatic heterocycles. The Balaban J connectivity index is 3.74. The van der Waals surface area contributed by atoms with Crippen LogP contribution in [0.1, 0.15) is 39.5 Å². The van der Waals surface area contributed by atoms with E-state index >= 15 is 0 Å². The van der Waals surface area contributed by atoms with E-state index in [4.69, 9.17) is 5.11 Å². The third-order valence-electron chi connectivity index (χ3n) is 1.96. The maximum absolute atomic E-state index is 10.7. The van der Waals surface area contributed by atoms with Crippen molar-refractivity contribution in [2.75, 3.05) is 6.54 Å². The van der Waals surface area contributed by atoms with Gasteiger partial charge in [-0.05, 0) is 19.9 Å². The summed E-state index contributed by atoms with van der Waals surface area (Å²) in [5.74, 6) is -1.04. The van der Waals surface area contributed by atoms with E-state index in [1.165, 1.54) is 6.92 Å². The number of hydrogen-bond acceptors (Lipinski definition) is 3. The zero-order valence-corrected chi connectivity index (χ0v) is 8.88. The van der Waals surface area contributed by atoms with Crippen molar-refractivity contribution in [2.24, 2.45) is 0 Å². The number of rotatable bonds is 8. The summed E-state index contributed by atoms with van der Waals surface area (Å²) in [6, 6.07) is -0.718. The molecular formula is C10H19NO3. The Kier molecular flexibility index (Phi) is 7.02. The summed E-state index contributed by atoms with van der Waals surface area (Å²) in [4.78, 5) is 21.4. The van der Waals surface area contributed by atoms with E-state index in [0.29, 0.717) is 6.54 Å². The first-order valence-electron chi connectivity index (χ1n) is 5.03.